The third kappa shape index (κ3) is 3.91. The Morgan fingerprint density at radius 3 is 2.32 bits per heavy atom. The Bertz CT molecular complexity index is 1430. The van der Waals surface area contributed by atoms with Crippen molar-refractivity contribution in [2.45, 2.75) is 0 Å². The number of aromatic amines is 1. The van der Waals surface area contributed by atoms with Crippen molar-refractivity contribution in [2.75, 3.05) is 5.01 Å². The number of hydrogen-bond acceptors (Lipinski definition) is 6. The van der Waals surface area contributed by atoms with Gasteiger partial charge in [0.25, 0.3) is 5.84 Å². The number of H-pyrrole nitrogens is 1. The number of rotatable bonds is 4. The summed E-state index contributed by atoms with van der Waals surface area (Å²) in [4.78, 5) is 0. The molecule has 34 heavy (non-hydrogen) atoms. The Balaban J connectivity index is 2.18. The van der Waals surface area contributed by atoms with Gasteiger partial charge < -0.3 is 0 Å². The number of nitrogens with zero attached hydrogens (tertiary/aromatic N) is 5. The SMILES string of the molecule is N#CC1=CN[N+](c2c(Cl)cc(Br)cc2Br)(N(c2[nH]ncc2C#N)c2c(Cl)cc(Cl)cc2Br)C1=N. The molecule has 1 aromatic heterocycles. The number of quaternary nitrogens is 1. The van der Waals surface area contributed by atoms with Gasteiger partial charge in [0.15, 0.2) is 5.57 Å². The number of amidine groups is 1. The average Bonchev–Trinajstić information content (AvgIpc) is 3.35. The van der Waals surface area contributed by atoms with E-state index in [2.05, 4.69) is 69.5 Å². The second-order valence-corrected chi connectivity index (χ2v) is 10.7. The van der Waals surface area contributed by atoms with Crippen molar-refractivity contribution in [3.8, 4) is 12.1 Å². The topological polar surface area (TPSA) is 115 Å². The first-order valence-electron chi connectivity index (χ1n) is 9.06. The zero-order chi connectivity index (χ0) is 24.8. The number of nitriles is 2. The molecule has 170 valence electrons. The Morgan fingerprint density at radius 2 is 1.74 bits per heavy atom. The third-order valence-corrected chi connectivity index (χ3v) is 7.31. The highest BCUT2D eigenvalue weighted by Gasteiger charge is 2.55. The molecule has 0 saturated carbocycles. The van der Waals surface area contributed by atoms with Crippen LogP contribution >= 0.6 is 82.6 Å². The molecule has 1 aliphatic heterocycles. The first-order valence-corrected chi connectivity index (χ1v) is 12.6. The standard InChI is InChI=1S/C20H9Br3Cl3N8/c21-11-1-14(23)18(16(26)2-11)34(19(29)9(5-27)8-31-34)33(20-10(6-28)7-30-32-20)17-13(22)3-12(24)4-15(17)25/h1-4,7-8,29,31H,(H,30,32)/q+1. The minimum absolute atomic E-state index is 0.0371. The highest BCUT2D eigenvalue weighted by Crippen LogP contribution is 2.50. The number of benzene rings is 2. The Hall–Kier alpha value is -2.09. The molecule has 0 aliphatic carbocycles. The second-order valence-electron chi connectivity index (χ2n) is 6.77. The van der Waals surface area contributed by atoms with Gasteiger partial charge in [0, 0.05) is 14.0 Å². The van der Waals surface area contributed by atoms with E-state index in [0.29, 0.717) is 29.8 Å². The molecular formula is C20H9Br3Cl3N8+. The van der Waals surface area contributed by atoms with Crippen molar-refractivity contribution in [3.63, 3.8) is 0 Å². The van der Waals surface area contributed by atoms with E-state index in [0.717, 1.165) is 0 Å². The first-order chi connectivity index (χ1) is 16.1. The van der Waals surface area contributed by atoms with Crippen molar-refractivity contribution in [1.29, 1.82) is 15.9 Å². The summed E-state index contributed by atoms with van der Waals surface area (Å²) in [6.45, 7) is 0. The Kier molecular flexibility index (Phi) is 7.00. The molecule has 0 radical (unpaired) electrons. The highest BCUT2D eigenvalue weighted by atomic mass is 79.9. The van der Waals surface area contributed by atoms with Gasteiger partial charge in [-0.05, 0) is 60.8 Å². The van der Waals surface area contributed by atoms with Crippen molar-refractivity contribution in [3.05, 3.63) is 76.3 Å². The molecule has 1 aliphatic rings. The predicted molar refractivity (Wildman–Crippen MR) is 143 cm³/mol. The molecule has 0 bridgehead atoms. The molecule has 1 unspecified atom stereocenters. The quantitative estimate of drug-likeness (QED) is 0.243. The van der Waals surface area contributed by atoms with Crippen LogP contribution in [0.1, 0.15) is 5.56 Å². The lowest BCUT2D eigenvalue weighted by molar-refractivity contribution is 0.364. The summed E-state index contributed by atoms with van der Waals surface area (Å²) in [7, 11) is 0. The Labute approximate surface area is 233 Å². The van der Waals surface area contributed by atoms with Gasteiger partial charge in [-0.25, -0.2) is 10.8 Å². The fraction of sp³-hybridized carbons (Fsp3) is 0. The molecule has 8 nitrogen and oxygen atoms in total. The molecule has 0 spiro atoms. The number of aromatic nitrogens is 2. The fourth-order valence-electron chi connectivity index (χ4n) is 3.50. The van der Waals surface area contributed by atoms with Gasteiger partial charge in [0.05, 0.1) is 21.9 Å². The largest absolute Gasteiger partial charge is 0.296 e. The van der Waals surface area contributed by atoms with Crippen LogP contribution in [0.15, 0.2) is 55.7 Å². The van der Waals surface area contributed by atoms with Gasteiger partial charge in [-0.2, -0.15) is 15.6 Å². The van der Waals surface area contributed by atoms with Crippen LogP contribution in [0, 0.1) is 28.1 Å². The maximum Gasteiger partial charge on any atom is 0.296 e. The van der Waals surface area contributed by atoms with E-state index in [9.17, 15) is 10.5 Å². The van der Waals surface area contributed by atoms with Crippen molar-refractivity contribution in [1.82, 2.24) is 20.3 Å². The summed E-state index contributed by atoms with van der Waals surface area (Å²) in [6.07, 6.45) is 2.73. The molecule has 0 amide bonds. The molecule has 0 fully saturated rings. The molecular weight excluding hydrogens is 698 g/mol. The van der Waals surface area contributed by atoms with Gasteiger partial charge in [0.2, 0.25) is 11.5 Å². The summed E-state index contributed by atoms with van der Waals surface area (Å²) in [5, 5.41) is 37.7. The van der Waals surface area contributed by atoms with E-state index < -0.39 is 4.70 Å². The number of anilines is 2. The van der Waals surface area contributed by atoms with Gasteiger partial charge in [-0.3, -0.25) is 5.10 Å². The van der Waals surface area contributed by atoms with Crippen molar-refractivity contribution >= 4 is 106 Å². The summed E-state index contributed by atoms with van der Waals surface area (Å²) in [6, 6.07) is 10.6. The molecule has 14 heteroatoms. The van der Waals surface area contributed by atoms with Gasteiger partial charge in [-0.15, -0.1) is 5.01 Å². The lowest BCUT2D eigenvalue weighted by Gasteiger charge is -2.41. The van der Waals surface area contributed by atoms with Crippen LogP contribution in [0.2, 0.25) is 15.1 Å². The number of hydrogen-bond donors (Lipinski definition) is 3. The molecule has 2 heterocycles. The van der Waals surface area contributed by atoms with Crippen LogP contribution < -0.4 is 15.1 Å². The summed E-state index contributed by atoms with van der Waals surface area (Å²) < 4.78 is 0.958. The summed E-state index contributed by atoms with van der Waals surface area (Å²) >= 11 is 30.1. The number of halogens is 6. The van der Waals surface area contributed by atoms with Gasteiger partial charge in [-0.1, -0.05) is 50.7 Å². The lowest BCUT2D eigenvalue weighted by Crippen LogP contribution is -2.68. The zero-order valence-electron chi connectivity index (χ0n) is 16.5. The van der Waals surface area contributed by atoms with E-state index in [-0.39, 0.29) is 32.8 Å². The van der Waals surface area contributed by atoms with E-state index in [1.165, 1.54) is 23.5 Å². The smallest absolute Gasteiger partial charge is 0.257 e. The van der Waals surface area contributed by atoms with E-state index >= 15 is 0 Å². The summed E-state index contributed by atoms with van der Waals surface area (Å²) in [5.74, 6) is -0.00743. The Morgan fingerprint density at radius 1 is 1.00 bits per heavy atom. The molecule has 3 aromatic rings. The minimum atomic E-state index is -0.674. The van der Waals surface area contributed by atoms with Gasteiger partial charge >= 0.3 is 0 Å². The maximum absolute atomic E-state index is 9.80. The normalized spacial score (nSPS) is 17.1. The summed E-state index contributed by atoms with van der Waals surface area (Å²) in [5.41, 5.74) is 3.95. The molecule has 0 saturated heterocycles. The van der Waals surface area contributed by atoms with Gasteiger partial charge in [0.1, 0.15) is 28.4 Å². The van der Waals surface area contributed by atoms with E-state index in [1.54, 1.807) is 18.2 Å². The van der Waals surface area contributed by atoms with Crippen LogP contribution in [-0.2, 0) is 0 Å². The van der Waals surface area contributed by atoms with Crippen LogP contribution in [0.5, 0.6) is 0 Å². The predicted octanol–water partition coefficient (Wildman–Crippen LogP) is 7.49. The fourth-order valence-corrected chi connectivity index (χ4v) is 7.02. The maximum atomic E-state index is 9.80. The second kappa shape index (κ2) is 9.51. The molecule has 2 aromatic carbocycles. The van der Waals surface area contributed by atoms with E-state index in [4.69, 9.17) is 40.2 Å². The van der Waals surface area contributed by atoms with Crippen molar-refractivity contribution in [2.24, 2.45) is 0 Å². The van der Waals surface area contributed by atoms with Crippen LogP contribution in [0.25, 0.3) is 0 Å². The minimum Gasteiger partial charge on any atom is -0.257 e. The molecule has 4 rings (SSSR count). The first kappa shape index (κ1) is 25.0. The molecule has 3 N–H and O–H groups in total. The van der Waals surface area contributed by atoms with Crippen LogP contribution in [0.3, 0.4) is 0 Å². The lowest BCUT2D eigenvalue weighted by atomic mass is 10.2. The average molecular weight is 707 g/mol. The zero-order valence-corrected chi connectivity index (χ0v) is 23.5. The molecule has 1 atom stereocenters. The van der Waals surface area contributed by atoms with Crippen molar-refractivity contribution < 1.29 is 0 Å². The monoisotopic (exact) mass is 703 g/mol. The third-order valence-electron chi connectivity index (χ3n) is 4.85. The van der Waals surface area contributed by atoms with E-state index in [1.807, 2.05) is 6.07 Å². The number of nitrogens with one attached hydrogen (secondary N) is 3. The van der Waals surface area contributed by atoms with Crippen LogP contribution in [-0.4, -0.2) is 16.0 Å². The highest BCUT2D eigenvalue weighted by molar-refractivity contribution is 9.11. The van der Waals surface area contributed by atoms with Crippen LogP contribution in [0.4, 0.5) is 17.2 Å².